The smallest absolute Gasteiger partial charge is 0.257 e. The molecule has 0 saturated heterocycles. The number of anilines is 1. The van der Waals surface area contributed by atoms with E-state index in [1.807, 2.05) is 24.3 Å². The molecule has 7 nitrogen and oxygen atoms in total. The number of amides is 1. The van der Waals surface area contributed by atoms with Gasteiger partial charge in [0, 0.05) is 46.3 Å². The average Bonchev–Trinajstić information content (AvgIpc) is 2.78. The number of carbonyl (C=O) groups is 1. The average molecular weight is 469 g/mol. The number of hydrogen-bond donors (Lipinski definition) is 2. The Morgan fingerprint density at radius 2 is 1.63 bits per heavy atom. The Hall–Kier alpha value is -3.39. The second-order valence-corrected chi connectivity index (χ2v) is 7.12. The number of aromatic nitrogens is 1. The zero-order chi connectivity index (χ0) is 21.3. The Labute approximate surface area is 183 Å². The van der Waals surface area contributed by atoms with E-state index in [2.05, 4.69) is 36.5 Å². The summed E-state index contributed by atoms with van der Waals surface area (Å²) < 4.78 is 11.5. The van der Waals surface area contributed by atoms with Gasteiger partial charge in [0.1, 0.15) is 11.5 Å². The molecule has 0 radical (unpaired) electrons. The van der Waals surface area contributed by atoms with Crippen LogP contribution in [0.5, 0.6) is 11.5 Å². The minimum absolute atomic E-state index is 0.279. The van der Waals surface area contributed by atoms with Gasteiger partial charge in [-0.15, -0.1) is 0 Å². The summed E-state index contributed by atoms with van der Waals surface area (Å²) in [6.45, 7) is 0.368. The number of aliphatic imine (C=N–C) groups is 1. The Kier molecular flexibility index (Phi) is 7.40. The molecule has 0 unspecified atom stereocenters. The van der Waals surface area contributed by atoms with Gasteiger partial charge in [-0.3, -0.25) is 15.1 Å². The second kappa shape index (κ2) is 10.4. The summed E-state index contributed by atoms with van der Waals surface area (Å²) in [5.74, 6) is 1.25. The van der Waals surface area contributed by atoms with E-state index >= 15 is 0 Å². The molecule has 0 spiro atoms. The second-order valence-electron chi connectivity index (χ2n) is 6.21. The third-order valence-electron chi connectivity index (χ3n) is 4.12. The molecule has 154 valence electrons. The van der Waals surface area contributed by atoms with Crippen LogP contribution in [0.3, 0.4) is 0 Å². The van der Waals surface area contributed by atoms with Gasteiger partial charge in [-0.2, -0.15) is 0 Å². The van der Waals surface area contributed by atoms with E-state index in [9.17, 15) is 4.79 Å². The first-order valence-electron chi connectivity index (χ1n) is 9.08. The van der Waals surface area contributed by atoms with Gasteiger partial charge in [-0.05, 0) is 42.0 Å². The first-order valence-corrected chi connectivity index (χ1v) is 9.87. The predicted octanol–water partition coefficient (Wildman–Crippen LogP) is 4.26. The summed E-state index contributed by atoms with van der Waals surface area (Å²) >= 11 is 3.37. The fourth-order valence-corrected chi connectivity index (χ4v) is 2.83. The predicted molar refractivity (Wildman–Crippen MR) is 120 cm³/mol. The molecule has 0 aliphatic heterocycles. The van der Waals surface area contributed by atoms with Crippen LogP contribution in [0.2, 0.25) is 0 Å². The molecule has 0 bridgehead atoms. The van der Waals surface area contributed by atoms with E-state index in [0.29, 0.717) is 35.3 Å². The van der Waals surface area contributed by atoms with Crippen molar-refractivity contribution in [3.63, 3.8) is 0 Å². The van der Waals surface area contributed by atoms with E-state index in [0.717, 1.165) is 10.0 Å². The lowest BCUT2D eigenvalue weighted by atomic mass is 10.2. The van der Waals surface area contributed by atoms with Gasteiger partial charge in [0.25, 0.3) is 5.91 Å². The number of benzene rings is 2. The van der Waals surface area contributed by atoms with Crippen LogP contribution in [-0.2, 0) is 6.54 Å². The molecule has 3 rings (SSSR count). The van der Waals surface area contributed by atoms with Gasteiger partial charge in [0.2, 0.25) is 5.96 Å². The van der Waals surface area contributed by atoms with Crippen LogP contribution in [-0.4, -0.2) is 31.1 Å². The molecule has 2 aromatic carbocycles. The Bertz CT molecular complexity index is 1000. The Morgan fingerprint density at radius 3 is 2.23 bits per heavy atom. The van der Waals surface area contributed by atoms with Crippen LogP contribution in [0, 0.1) is 0 Å². The number of nitrogens with zero attached hydrogens (tertiary/aromatic N) is 2. The number of nitrogens with one attached hydrogen (secondary N) is 2. The highest BCUT2D eigenvalue weighted by Crippen LogP contribution is 2.25. The number of guanidine groups is 1. The van der Waals surface area contributed by atoms with E-state index in [1.165, 1.54) is 0 Å². The summed E-state index contributed by atoms with van der Waals surface area (Å²) in [5, 5.41) is 5.98. The lowest BCUT2D eigenvalue weighted by Gasteiger charge is -2.14. The van der Waals surface area contributed by atoms with Crippen LogP contribution in [0.1, 0.15) is 15.9 Å². The molecule has 1 heterocycles. The topological polar surface area (TPSA) is 84.8 Å². The maximum absolute atomic E-state index is 12.7. The molecule has 0 saturated carbocycles. The highest BCUT2D eigenvalue weighted by Gasteiger charge is 2.11. The monoisotopic (exact) mass is 468 g/mol. The van der Waals surface area contributed by atoms with Gasteiger partial charge in [0.05, 0.1) is 20.8 Å². The summed E-state index contributed by atoms with van der Waals surface area (Å²) in [4.78, 5) is 21.3. The van der Waals surface area contributed by atoms with Gasteiger partial charge in [-0.1, -0.05) is 15.9 Å². The standard InChI is InChI=1S/C22H21BrN4O3/c1-29-19-11-18(12-20(13-19)30-2)26-22(25-14-15-7-9-24-10-8-15)27-21(28)16-3-5-17(23)6-4-16/h3-13H,14H2,1-2H3,(H2,25,26,27,28). The van der Waals surface area contributed by atoms with Gasteiger partial charge in [0.15, 0.2) is 0 Å². The molecule has 2 N–H and O–H groups in total. The number of carbonyl (C=O) groups excluding carboxylic acids is 1. The van der Waals surface area contributed by atoms with E-state index < -0.39 is 0 Å². The zero-order valence-electron chi connectivity index (χ0n) is 16.6. The van der Waals surface area contributed by atoms with Crippen LogP contribution in [0.4, 0.5) is 5.69 Å². The third kappa shape index (κ3) is 6.05. The van der Waals surface area contributed by atoms with Crippen molar-refractivity contribution in [2.75, 3.05) is 19.5 Å². The molecule has 30 heavy (non-hydrogen) atoms. The minimum Gasteiger partial charge on any atom is -0.497 e. The molecule has 1 amide bonds. The first-order chi connectivity index (χ1) is 14.6. The van der Waals surface area contributed by atoms with Crippen LogP contribution in [0.25, 0.3) is 0 Å². The number of methoxy groups -OCH3 is 2. The quantitative estimate of drug-likeness (QED) is 0.417. The van der Waals surface area contributed by atoms with Crippen LogP contribution in [0.15, 0.2) is 76.5 Å². The number of rotatable bonds is 6. The normalized spacial score (nSPS) is 11.0. The first kappa shape index (κ1) is 21.3. The molecule has 0 aliphatic rings. The number of hydrogen-bond acceptors (Lipinski definition) is 5. The van der Waals surface area contributed by atoms with E-state index in [-0.39, 0.29) is 5.91 Å². The molecule has 3 aromatic rings. The maximum Gasteiger partial charge on any atom is 0.257 e. The largest absolute Gasteiger partial charge is 0.497 e. The molecule has 8 heteroatoms. The summed E-state index contributed by atoms with van der Waals surface area (Å²) in [6, 6.07) is 16.2. The summed E-state index contributed by atoms with van der Waals surface area (Å²) in [7, 11) is 3.15. The fourth-order valence-electron chi connectivity index (χ4n) is 2.57. The molecule has 1 aromatic heterocycles. The molecular formula is C22H21BrN4O3. The molecular weight excluding hydrogens is 448 g/mol. The van der Waals surface area contributed by atoms with Crippen molar-refractivity contribution in [2.45, 2.75) is 6.54 Å². The van der Waals surface area contributed by atoms with Crippen molar-refractivity contribution >= 4 is 33.5 Å². The van der Waals surface area contributed by atoms with Crippen molar-refractivity contribution in [1.29, 1.82) is 0 Å². The number of halogens is 1. The van der Waals surface area contributed by atoms with E-state index in [1.54, 1.807) is 56.9 Å². The number of pyridine rings is 1. The maximum atomic E-state index is 12.7. The minimum atomic E-state index is -0.279. The Morgan fingerprint density at radius 1 is 1.00 bits per heavy atom. The lowest BCUT2D eigenvalue weighted by Crippen LogP contribution is -2.36. The summed E-state index contributed by atoms with van der Waals surface area (Å²) in [5.41, 5.74) is 2.14. The lowest BCUT2D eigenvalue weighted by molar-refractivity contribution is 0.0977. The molecule has 0 fully saturated rings. The van der Waals surface area contributed by atoms with Gasteiger partial charge >= 0.3 is 0 Å². The molecule has 0 aliphatic carbocycles. The zero-order valence-corrected chi connectivity index (χ0v) is 18.1. The van der Waals surface area contributed by atoms with Crippen molar-refractivity contribution in [1.82, 2.24) is 10.3 Å². The fraction of sp³-hybridized carbons (Fsp3) is 0.136. The SMILES string of the molecule is COc1cc(NC(=NCc2ccncc2)NC(=O)c2ccc(Br)cc2)cc(OC)c1. The van der Waals surface area contributed by atoms with Crippen molar-refractivity contribution < 1.29 is 14.3 Å². The van der Waals surface area contributed by atoms with Gasteiger partial charge in [-0.25, -0.2) is 4.99 Å². The van der Waals surface area contributed by atoms with Gasteiger partial charge < -0.3 is 14.8 Å². The highest BCUT2D eigenvalue weighted by molar-refractivity contribution is 9.10. The van der Waals surface area contributed by atoms with E-state index in [4.69, 9.17) is 9.47 Å². The highest BCUT2D eigenvalue weighted by atomic mass is 79.9. The van der Waals surface area contributed by atoms with Crippen LogP contribution >= 0.6 is 15.9 Å². The Balaban J connectivity index is 1.85. The van der Waals surface area contributed by atoms with Crippen molar-refractivity contribution in [3.05, 3.63) is 82.6 Å². The summed E-state index contributed by atoms with van der Waals surface area (Å²) in [6.07, 6.45) is 3.40. The van der Waals surface area contributed by atoms with Crippen LogP contribution < -0.4 is 20.1 Å². The van der Waals surface area contributed by atoms with Crippen molar-refractivity contribution in [3.8, 4) is 11.5 Å². The molecule has 0 atom stereocenters. The third-order valence-corrected chi connectivity index (χ3v) is 4.65. The number of ether oxygens (including phenoxy) is 2. The van der Waals surface area contributed by atoms with Crippen molar-refractivity contribution in [2.24, 2.45) is 4.99 Å².